The smallest absolute Gasteiger partial charge is 0.319 e. The van der Waals surface area contributed by atoms with Crippen LogP contribution < -0.4 is 9.47 Å². The number of ether oxygens (including phenoxy) is 2. The summed E-state index contributed by atoms with van der Waals surface area (Å²) in [7, 11) is 3.01. The van der Waals surface area contributed by atoms with E-state index in [4.69, 9.17) is 9.47 Å². The van der Waals surface area contributed by atoms with Gasteiger partial charge in [-0.2, -0.15) is 4.98 Å². The molecule has 0 radical (unpaired) electrons. The first-order valence-corrected chi connectivity index (χ1v) is 8.99. The summed E-state index contributed by atoms with van der Waals surface area (Å²) in [5.74, 6) is -0.440. The normalized spacial score (nSPS) is 10.6. The van der Waals surface area contributed by atoms with Crippen LogP contribution in [0.25, 0.3) is 16.8 Å². The lowest BCUT2D eigenvalue weighted by atomic mass is 10.1. The number of benzene rings is 2. The van der Waals surface area contributed by atoms with E-state index in [1.807, 2.05) is 24.3 Å². The number of imidazole rings is 1. The van der Waals surface area contributed by atoms with Crippen molar-refractivity contribution in [2.24, 2.45) is 0 Å². The predicted molar refractivity (Wildman–Crippen MR) is 108 cm³/mol. The number of rotatable bonds is 6. The van der Waals surface area contributed by atoms with Gasteiger partial charge in [-0.15, -0.1) is 0 Å². The van der Waals surface area contributed by atoms with Crippen molar-refractivity contribution in [3.8, 4) is 28.7 Å². The molecule has 0 amide bonds. The van der Waals surface area contributed by atoms with Crippen molar-refractivity contribution in [1.29, 1.82) is 0 Å². The monoisotopic (exact) mass is 404 g/mol. The molecule has 4 rings (SSSR count). The van der Waals surface area contributed by atoms with E-state index in [1.54, 1.807) is 23.0 Å². The standard InChI is InChI=1S/C22H17FN4O3/c1-29-21-18(11-24-22(26-21)30-2)14-5-4-8-17(10-14)27-12-19(25-13-27)20(28)15-6-3-7-16(23)9-15/h3-13H,1-2H3. The summed E-state index contributed by atoms with van der Waals surface area (Å²) in [5, 5.41) is 0. The van der Waals surface area contributed by atoms with Crippen LogP contribution in [0.2, 0.25) is 0 Å². The molecule has 7 nitrogen and oxygen atoms in total. The summed E-state index contributed by atoms with van der Waals surface area (Å²) >= 11 is 0. The van der Waals surface area contributed by atoms with Crippen molar-refractivity contribution in [3.63, 3.8) is 0 Å². The molecule has 0 saturated heterocycles. The molecule has 0 bridgehead atoms. The molecule has 0 N–H and O–H groups in total. The van der Waals surface area contributed by atoms with Gasteiger partial charge in [-0.1, -0.05) is 24.3 Å². The molecular weight excluding hydrogens is 387 g/mol. The average molecular weight is 404 g/mol. The molecular formula is C22H17FN4O3. The highest BCUT2D eigenvalue weighted by molar-refractivity contribution is 6.07. The number of methoxy groups -OCH3 is 2. The number of carbonyl (C=O) groups excluding carboxylic acids is 1. The summed E-state index contributed by atoms with van der Waals surface area (Å²) in [6.45, 7) is 0. The van der Waals surface area contributed by atoms with Crippen LogP contribution in [0.3, 0.4) is 0 Å². The maximum absolute atomic E-state index is 13.4. The quantitative estimate of drug-likeness (QED) is 0.456. The molecule has 2 aromatic heterocycles. The maximum Gasteiger partial charge on any atom is 0.319 e. The Morgan fingerprint density at radius 1 is 1.03 bits per heavy atom. The Morgan fingerprint density at radius 3 is 2.63 bits per heavy atom. The highest BCUT2D eigenvalue weighted by Gasteiger charge is 2.15. The van der Waals surface area contributed by atoms with Gasteiger partial charge in [-0.3, -0.25) is 4.79 Å². The topological polar surface area (TPSA) is 79.1 Å². The van der Waals surface area contributed by atoms with Crippen LogP contribution in [0.4, 0.5) is 4.39 Å². The first-order chi connectivity index (χ1) is 14.6. The van der Waals surface area contributed by atoms with Crippen LogP contribution in [-0.4, -0.2) is 39.5 Å². The molecule has 2 aromatic carbocycles. The minimum absolute atomic E-state index is 0.210. The maximum atomic E-state index is 13.4. The van der Waals surface area contributed by atoms with Crippen LogP contribution in [0.1, 0.15) is 16.1 Å². The summed E-state index contributed by atoms with van der Waals surface area (Å²) in [6.07, 6.45) is 4.76. The molecule has 0 aliphatic heterocycles. The molecule has 2 heterocycles. The van der Waals surface area contributed by atoms with Gasteiger partial charge in [-0.05, 0) is 29.8 Å². The minimum atomic E-state index is -0.469. The summed E-state index contributed by atoms with van der Waals surface area (Å²) in [4.78, 5) is 25.1. The molecule has 0 saturated carbocycles. The van der Waals surface area contributed by atoms with Crippen LogP contribution >= 0.6 is 0 Å². The number of halogens is 1. The van der Waals surface area contributed by atoms with E-state index in [0.717, 1.165) is 11.3 Å². The van der Waals surface area contributed by atoms with Crippen LogP contribution in [0.15, 0.2) is 67.3 Å². The van der Waals surface area contributed by atoms with Crippen LogP contribution in [0, 0.1) is 5.82 Å². The third-order valence-electron chi connectivity index (χ3n) is 4.46. The van der Waals surface area contributed by atoms with E-state index in [2.05, 4.69) is 15.0 Å². The van der Waals surface area contributed by atoms with Gasteiger partial charge in [0.15, 0.2) is 0 Å². The van der Waals surface area contributed by atoms with Crippen molar-refractivity contribution in [2.45, 2.75) is 0 Å². The molecule has 4 aromatic rings. The van der Waals surface area contributed by atoms with E-state index in [9.17, 15) is 9.18 Å². The zero-order chi connectivity index (χ0) is 21.1. The number of aromatic nitrogens is 4. The first-order valence-electron chi connectivity index (χ1n) is 8.99. The first kappa shape index (κ1) is 19.3. The zero-order valence-corrected chi connectivity index (χ0v) is 16.2. The Hall–Kier alpha value is -4.07. The molecule has 0 atom stereocenters. The molecule has 0 aliphatic rings. The SMILES string of the molecule is COc1ncc(-c2cccc(-n3cnc(C(=O)c4cccc(F)c4)c3)c2)c(OC)n1. The van der Waals surface area contributed by atoms with Gasteiger partial charge in [0.1, 0.15) is 17.8 Å². The number of hydrogen-bond donors (Lipinski definition) is 0. The fraction of sp³-hybridized carbons (Fsp3) is 0.0909. The van der Waals surface area contributed by atoms with Gasteiger partial charge in [0, 0.05) is 23.6 Å². The van der Waals surface area contributed by atoms with Crippen molar-refractivity contribution in [2.75, 3.05) is 14.2 Å². The third-order valence-corrected chi connectivity index (χ3v) is 4.46. The zero-order valence-electron chi connectivity index (χ0n) is 16.2. The molecule has 0 fully saturated rings. The minimum Gasteiger partial charge on any atom is -0.480 e. The fourth-order valence-electron chi connectivity index (χ4n) is 3.00. The lowest BCUT2D eigenvalue weighted by Crippen LogP contribution is -2.02. The predicted octanol–water partition coefficient (Wildman–Crippen LogP) is 3.72. The largest absolute Gasteiger partial charge is 0.480 e. The number of carbonyl (C=O) groups is 1. The third kappa shape index (κ3) is 3.75. The number of ketones is 1. The van der Waals surface area contributed by atoms with E-state index in [-0.39, 0.29) is 23.1 Å². The van der Waals surface area contributed by atoms with E-state index in [0.29, 0.717) is 11.4 Å². The van der Waals surface area contributed by atoms with Crippen molar-refractivity contribution >= 4 is 5.78 Å². The van der Waals surface area contributed by atoms with Crippen LogP contribution in [-0.2, 0) is 0 Å². The Morgan fingerprint density at radius 2 is 1.87 bits per heavy atom. The molecule has 30 heavy (non-hydrogen) atoms. The Bertz CT molecular complexity index is 1220. The highest BCUT2D eigenvalue weighted by atomic mass is 19.1. The van der Waals surface area contributed by atoms with Gasteiger partial charge in [-0.25, -0.2) is 14.4 Å². The second-order valence-corrected chi connectivity index (χ2v) is 6.34. The van der Waals surface area contributed by atoms with Gasteiger partial charge in [0.25, 0.3) is 0 Å². The molecule has 150 valence electrons. The summed E-state index contributed by atoms with van der Waals surface area (Å²) in [6, 6.07) is 13.3. The number of nitrogens with zero attached hydrogens (tertiary/aromatic N) is 4. The average Bonchev–Trinajstić information content (AvgIpc) is 3.28. The van der Waals surface area contributed by atoms with E-state index in [1.165, 1.54) is 38.7 Å². The van der Waals surface area contributed by atoms with E-state index >= 15 is 0 Å². The van der Waals surface area contributed by atoms with Gasteiger partial charge >= 0.3 is 6.01 Å². The molecule has 0 aliphatic carbocycles. The van der Waals surface area contributed by atoms with Gasteiger partial charge in [0.05, 0.1) is 19.8 Å². The fourth-order valence-corrected chi connectivity index (χ4v) is 3.00. The Labute approximate surface area is 171 Å². The van der Waals surface area contributed by atoms with Crippen molar-refractivity contribution in [3.05, 3.63) is 84.3 Å². The summed E-state index contributed by atoms with van der Waals surface area (Å²) < 4.78 is 25.5. The van der Waals surface area contributed by atoms with Crippen LogP contribution in [0.5, 0.6) is 11.9 Å². The van der Waals surface area contributed by atoms with Gasteiger partial charge < -0.3 is 14.0 Å². The number of hydrogen-bond acceptors (Lipinski definition) is 6. The molecule has 8 heteroatoms. The molecule has 0 spiro atoms. The van der Waals surface area contributed by atoms with Gasteiger partial charge in [0.2, 0.25) is 11.7 Å². The van der Waals surface area contributed by atoms with Crippen molar-refractivity contribution < 1.29 is 18.7 Å². The van der Waals surface area contributed by atoms with E-state index < -0.39 is 5.82 Å². The second-order valence-electron chi connectivity index (χ2n) is 6.34. The summed E-state index contributed by atoms with van der Waals surface area (Å²) in [5.41, 5.74) is 2.75. The lowest BCUT2D eigenvalue weighted by molar-refractivity contribution is 0.103. The van der Waals surface area contributed by atoms with Crippen molar-refractivity contribution in [1.82, 2.24) is 19.5 Å². The Balaban J connectivity index is 1.66. The Kier molecular flexibility index (Phi) is 5.21. The second kappa shape index (κ2) is 8.12. The lowest BCUT2D eigenvalue weighted by Gasteiger charge is -2.10. The molecule has 0 unspecified atom stereocenters. The highest BCUT2D eigenvalue weighted by Crippen LogP contribution is 2.30.